The van der Waals surface area contributed by atoms with E-state index < -0.39 is 11.9 Å². The largest absolute Gasteiger partial charge is 0.368 e. The van der Waals surface area contributed by atoms with Gasteiger partial charge in [0.05, 0.1) is 6.42 Å². The van der Waals surface area contributed by atoms with Crippen LogP contribution in [0.2, 0.25) is 0 Å². The van der Waals surface area contributed by atoms with Gasteiger partial charge in [-0.1, -0.05) is 6.07 Å². The molecule has 1 atom stereocenters. The Morgan fingerprint density at radius 1 is 1.29 bits per heavy atom. The number of nitrogens with zero attached hydrogens (tertiary/aromatic N) is 1. The van der Waals surface area contributed by atoms with Crippen molar-refractivity contribution in [3.05, 3.63) is 29.3 Å². The molecule has 110 valence electrons. The first kappa shape index (κ1) is 13.6. The molecule has 1 fully saturated rings. The molecule has 2 heterocycles. The molecule has 3 N–H and O–H groups in total. The number of carbonyl (C=O) groups is 3. The maximum atomic E-state index is 12.6. The molecule has 1 unspecified atom stereocenters. The molecular weight excluding hydrogens is 270 g/mol. The number of nitrogens with one attached hydrogen (secondary N) is 1. The molecule has 21 heavy (non-hydrogen) atoms. The molecule has 2 aliphatic heterocycles. The molecule has 1 saturated heterocycles. The Hall–Kier alpha value is -2.37. The monoisotopic (exact) mass is 287 g/mol. The van der Waals surface area contributed by atoms with Gasteiger partial charge in [-0.05, 0) is 37.0 Å². The quantitative estimate of drug-likeness (QED) is 0.837. The van der Waals surface area contributed by atoms with E-state index in [2.05, 4.69) is 5.32 Å². The van der Waals surface area contributed by atoms with Crippen molar-refractivity contribution in [2.24, 2.45) is 5.73 Å². The summed E-state index contributed by atoms with van der Waals surface area (Å²) in [6, 6.07) is 4.63. The Morgan fingerprint density at radius 3 is 2.86 bits per heavy atom. The summed E-state index contributed by atoms with van der Waals surface area (Å²) in [5.41, 5.74) is 7.44. The fourth-order valence-electron chi connectivity index (χ4n) is 2.98. The summed E-state index contributed by atoms with van der Waals surface area (Å²) in [5, 5.41) is 2.73. The molecule has 0 spiro atoms. The summed E-state index contributed by atoms with van der Waals surface area (Å²) in [4.78, 5) is 37.0. The molecule has 0 radical (unpaired) electrons. The highest BCUT2D eigenvalue weighted by atomic mass is 16.2. The lowest BCUT2D eigenvalue weighted by Gasteiger charge is -2.33. The third kappa shape index (κ3) is 2.49. The van der Waals surface area contributed by atoms with Crippen molar-refractivity contribution in [1.82, 2.24) is 4.90 Å². The number of amides is 3. The molecule has 1 aromatic carbocycles. The Kier molecular flexibility index (Phi) is 3.37. The Balaban J connectivity index is 1.86. The van der Waals surface area contributed by atoms with Gasteiger partial charge in [0.2, 0.25) is 11.8 Å². The van der Waals surface area contributed by atoms with E-state index in [1.165, 1.54) is 0 Å². The minimum absolute atomic E-state index is 0.0671. The minimum Gasteiger partial charge on any atom is -0.368 e. The summed E-state index contributed by atoms with van der Waals surface area (Å²) in [7, 11) is 0. The van der Waals surface area contributed by atoms with Crippen molar-refractivity contribution in [3.63, 3.8) is 0 Å². The highest BCUT2D eigenvalue weighted by Crippen LogP contribution is 2.26. The van der Waals surface area contributed by atoms with E-state index in [-0.39, 0.29) is 11.8 Å². The smallest absolute Gasteiger partial charge is 0.254 e. The lowest BCUT2D eigenvalue weighted by molar-refractivity contribution is -0.123. The summed E-state index contributed by atoms with van der Waals surface area (Å²) < 4.78 is 0. The van der Waals surface area contributed by atoms with Crippen LogP contribution in [0.25, 0.3) is 0 Å². The van der Waals surface area contributed by atoms with Gasteiger partial charge in [0.15, 0.2) is 0 Å². The lowest BCUT2D eigenvalue weighted by atomic mass is 9.99. The van der Waals surface area contributed by atoms with Crippen LogP contribution in [-0.4, -0.2) is 35.2 Å². The van der Waals surface area contributed by atoms with Gasteiger partial charge in [0.25, 0.3) is 5.91 Å². The maximum absolute atomic E-state index is 12.6. The molecule has 3 rings (SSSR count). The van der Waals surface area contributed by atoms with Crippen LogP contribution in [0.1, 0.15) is 35.2 Å². The summed E-state index contributed by atoms with van der Waals surface area (Å²) >= 11 is 0. The van der Waals surface area contributed by atoms with Crippen LogP contribution in [0.3, 0.4) is 0 Å². The molecular formula is C15H17N3O3. The number of rotatable bonds is 2. The van der Waals surface area contributed by atoms with Crippen LogP contribution in [-0.2, 0) is 16.0 Å². The van der Waals surface area contributed by atoms with E-state index >= 15 is 0 Å². The zero-order valence-electron chi connectivity index (χ0n) is 11.6. The van der Waals surface area contributed by atoms with Gasteiger partial charge >= 0.3 is 0 Å². The zero-order valence-corrected chi connectivity index (χ0v) is 11.6. The van der Waals surface area contributed by atoms with E-state index in [0.717, 1.165) is 18.4 Å². The molecule has 0 bridgehead atoms. The van der Waals surface area contributed by atoms with Crippen LogP contribution < -0.4 is 11.1 Å². The predicted molar refractivity (Wildman–Crippen MR) is 76.6 cm³/mol. The second kappa shape index (κ2) is 5.20. The molecule has 3 amide bonds. The minimum atomic E-state index is -0.533. The van der Waals surface area contributed by atoms with Crippen LogP contribution in [0.5, 0.6) is 0 Å². The van der Waals surface area contributed by atoms with Crippen molar-refractivity contribution in [3.8, 4) is 0 Å². The average molecular weight is 287 g/mol. The van der Waals surface area contributed by atoms with Crippen molar-refractivity contribution >= 4 is 23.4 Å². The fourth-order valence-corrected chi connectivity index (χ4v) is 2.98. The standard InChI is InChI=1S/C15H17N3O3/c16-14(20)12-3-1-2-6-18(12)15(21)10-5-4-9-8-13(19)17-11(9)7-10/h4-5,7,12H,1-3,6,8H2,(H2,16,20)(H,17,19). The average Bonchev–Trinajstić information content (AvgIpc) is 2.85. The van der Waals surface area contributed by atoms with Gasteiger partial charge in [0, 0.05) is 17.8 Å². The van der Waals surface area contributed by atoms with Gasteiger partial charge in [0.1, 0.15) is 6.04 Å². The van der Waals surface area contributed by atoms with Crippen molar-refractivity contribution in [2.75, 3.05) is 11.9 Å². The van der Waals surface area contributed by atoms with Gasteiger partial charge in [-0.3, -0.25) is 14.4 Å². The van der Waals surface area contributed by atoms with E-state index in [4.69, 9.17) is 5.73 Å². The summed E-state index contributed by atoms with van der Waals surface area (Å²) in [6.07, 6.45) is 2.73. The molecule has 6 nitrogen and oxygen atoms in total. The first-order chi connectivity index (χ1) is 10.1. The maximum Gasteiger partial charge on any atom is 0.254 e. The van der Waals surface area contributed by atoms with Crippen LogP contribution in [0, 0.1) is 0 Å². The van der Waals surface area contributed by atoms with Crippen molar-refractivity contribution in [2.45, 2.75) is 31.7 Å². The molecule has 6 heteroatoms. The number of hydrogen-bond acceptors (Lipinski definition) is 3. The van der Waals surface area contributed by atoms with Gasteiger partial charge < -0.3 is 16.0 Å². The predicted octanol–water partition coefficient (Wildman–Crippen LogP) is 0.661. The molecule has 0 aromatic heterocycles. The van der Waals surface area contributed by atoms with Crippen LogP contribution in [0.15, 0.2) is 18.2 Å². The van der Waals surface area contributed by atoms with E-state index in [1.807, 2.05) is 0 Å². The molecule has 0 saturated carbocycles. The number of carbonyl (C=O) groups excluding carboxylic acids is 3. The number of piperidine rings is 1. The van der Waals surface area contributed by atoms with Gasteiger partial charge in [-0.2, -0.15) is 0 Å². The molecule has 0 aliphatic carbocycles. The summed E-state index contributed by atoms with van der Waals surface area (Å²) in [5.74, 6) is -0.734. The number of fused-ring (bicyclic) bond motifs is 1. The first-order valence-corrected chi connectivity index (χ1v) is 7.09. The Labute approximate surface area is 122 Å². The van der Waals surface area contributed by atoms with E-state index in [0.29, 0.717) is 30.6 Å². The Morgan fingerprint density at radius 2 is 2.10 bits per heavy atom. The second-order valence-electron chi connectivity index (χ2n) is 5.51. The SMILES string of the molecule is NC(=O)C1CCCCN1C(=O)c1ccc2c(c1)NC(=O)C2. The van der Waals surface area contributed by atoms with Gasteiger partial charge in [-0.15, -0.1) is 0 Å². The van der Waals surface area contributed by atoms with Crippen LogP contribution in [0.4, 0.5) is 5.69 Å². The number of primary amides is 1. The highest BCUT2D eigenvalue weighted by Gasteiger charge is 2.31. The second-order valence-corrected chi connectivity index (χ2v) is 5.51. The van der Waals surface area contributed by atoms with Crippen LogP contribution >= 0.6 is 0 Å². The number of benzene rings is 1. The van der Waals surface area contributed by atoms with Crippen molar-refractivity contribution in [1.29, 1.82) is 0 Å². The number of likely N-dealkylation sites (tertiary alicyclic amines) is 1. The zero-order chi connectivity index (χ0) is 15.0. The first-order valence-electron chi connectivity index (χ1n) is 7.09. The molecule has 2 aliphatic rings. The fraction of sp³-hybridized carbons (Fsp3) is 0.400. The van der Waals surface area contributed by atoms with Crippen molar-refractivity contribution < 1.29 is 14.4 Å². The van der Waals surface area contributed by atoms with Gasteiger partial charge in [-0.25, -0.2) is 0 Å². The number of hydrogen-bond donors (Lipinski definition) is 2. The normalized spacial score (nSPS) is 20.9. The van der Waals surface area contributed by atoms with E-state index in [1.54, 1.807) is 23.1 Å². The third-order valence-electron chi connectivity index (χ3n) is 4.07. The number of anilines is 1. The molecule has 1 aromatic rings. The number of nitrogens with two attached hydrogens (primary N) is 1. The van der Waals surface area contributed by atoms with E-state index in [9.17, 15) is 14.4 Å². The Bertz CT molecular complexity index is 627. The third-order valence-corrected chi connectivity index (χ3v) is 4.07. The highest BCUT2D eigenvalue weighted by molar-refractivity contribution is 6.03. The lowest BCUT2D eigenvalue weighted by Crippen LogP contribution is -2.50. The summed E-state index contributed by atoms with van der Waals surface area (Å²) in [6.45, 7) is 0.538. The topological polar surface area (TPSA) is 92.5 Å².